The molecule has 0 aliphatic rings. The molecule has 1 unspecified atom stereocenters. The van der Waals surface area contributed by atoms with Crippen molar-refractivity contribution < 1.29 is 5.11 Å². The van der Waals surface area contributed by atoms with Gasteiger partial charge >= 0.3 is 0 Å². The highest BCUT2D eigenvalue weighted by Crippen LogP contribution is 2.21. The number of aliphatic hydroxyl groups is 1. The minimum Gasteiger partial charge on any atom is -0.388 e. The third-order valence-electron chi connectivity index (χ3n) is 1.95. The van der Waals surface area contributed by atoms with Crippen LogP contribution in [0.3, 0.4) is 0 Å². The van der Waals surface area contributed by atoms with Crippen LogP contribution in [-0.2, 0) is 0 Å². The van der Waals surface area contributed by atoms with Crippen LogP contribution in [0.1, 0.15) is 30.7 Å². The Kier molecular flexibility index (Phi) is 3.20. The van der Waals surface area contributed by atoms with Gasteiger partial charge in [0.2, 0.25) is 0 Å². The van der Waals surface area contributed by atoms with Crippen LogP contribution in [-0.4, -0.2) is 10.1 Å². The summed E-state index contributed by atoms with van der Waals surface area (Å²) in [5.74, 6) is 0. The Morgan fingerprint density at radius 2 is 2.38 bits per heavy atom. The summed E-state index contributed by atoms with van der Waals surface area (Å²) in [5, 5.41) is 9.77. The van der Waals surface area contributed by atoms with Gasteiger partial charge < -0.3 is 5.11 Å². The number of rotatable bonds is 3. The average molecular weight is 177 g/mol. The van der Waals surface area contributed by atoms with Crippen molar-refractivity contribution in [2.24, 2.45) is 0 Å². The molecule has 0 radical (unpaired) electrons. The highest BCUT2D eigenvalue weighted by atomic mass is 16.3. The molecule has 13 heavy (non-hydrogen) atoms. The van der Waals surface area contributed by atoms with Gasteiger partial charge in [0.05, 0.1) is 6.10 Å². The minimum absolute atomic E-state index is 0.466. The summed E-state index contributed by atoms with van der Waals surface area (Å²) in [6.07, 6.45) is 1.87. The van der Waals surface area contributed by atoms with Gasteiger partial charge in [-0.05, 0) is 26.3 Å². The standard InChI is InChI=1S/C11H15NO/c1-8(2)7-11(13)10-5-4-6-12-9(10)3/h4-6,11,13H,1,7H2,2-3H3. The quantitative estimate of drug-likeness (QED) is 0.719. The summed E-state index contributed by atoms with van der Waals surface area (Å²) in [6, 6.07) is 3.74. The van der Waals surface area contributed by atoms with Crippen molar-refractivity contribution in [1.29, 1.82) is 0 Å². The molecule has 1 atom stereocenters. The van der Waals surface area contributed by atoms with Crippen LogP contribution in [0, 0.1) is 6.92 Å². The van der Waals surface area contributed by atoms with Gasteiger partial charge in [0.15, 0.2) is 0 Å². The van der Waals surface area contributed by atoms with Crippen LogP contribution in [0.15, 0.2) is 30.5 Å². The molecular weight excluding hydrogens is 162 g/mol. The van der Waals surface area contributed by atoms with E-state index in [1.807, 2.05) is 26.0 Å². The van der Waals surface area contributed by atoms with Crippen molar-refractivity contribution in [2.75, 3.05) is 0 Å². The van der Waals surface area contributed by atoms with E-state index in [1.54, 1.807) is 6.20 Å². The average Bonchev–Trinajstić information content (AvgIpc) is 2.03. The van der Waals surface area contributed by atoms with Crippen LogP contribution in [0.25, 0.3) is 0 Å². The van der Waals surface area contributed by atoms with Crippen molar-refractivity contribution in [1.82, 2.24) is 4.98 Å². The Bertz CT molecular complexity index is 307. The molecule has 0 spiro atoms. The maximum atomic E-state index is 9.77. The first-order chi connectivity index (χ1) is 6.11. The van der Waals surface area contributed by atoms with Crippen molar-refractivity contribution in [3.8, 4) is 0 Å². The first kappa shape index (κ1) is 9.93. The number of aliphatic hydroxyl groups excluding tert-OH is 1. The van der Waals surface area contributed by atoms with Gasteiger partial charge in [-0.2, -0.15) is 0 Å². The molecule has 2 nitrogen and oxygen atoms in total. The predicted octanol–water partition coefficient (Wildman–Crippen LogP) is 2.39. The van der Waals surface area contributed by atoms with E-state index in [4.69, 9.17) is 0 Å². The molecule has 1 aromatic rings. The Morgan fingerprint density at radius 1 is 1.69 bits per heavy atom. The normalized spacial score (nSPS) is 12.5. The van der Waals surface area contributed by atoms with Gasteiger partial charge in [-0.1, -0.05) is 11.6 Å². The zero-order chi connectivity index (χ0) is 9.84. The van der Waals surface area contributed by atoms with Crippen molar-refractivity contribution in [2.45, 2.75) is 26.4 Å². The van der Waals surface area contributed by atoms with Gasteiger partial charge in [-0.15, -0.1) is 6.58 Å². The number of hydrogen-bond donors (Lipinski definition) is 1. The number of aromatic nitrogens is 1. The highest BCUT2D eigenvalue weighted by molar-refractivity contribution is 5.22. The lowest BCUT2D eigenvalue weighted by atomic mass is 10.0. The Hall–Kier alpha value is -1.15. The van der Waals surface area contributed by atoms with E-state index in [2.05, 4.69) is 11.6 Å². The molecule has 0 aliphatic heterocycles. The second-order valence-corrected chi connectivity index (χ2v) is 3.36. The molecule has 2 heteroatoms. The summed E-state index contributed by atoms with van der Waals surface area (Å²) < 4.78 is 0. The Morgan fingerprint density at radius 3 is 2.92 bits per heavy atom. The monoisotopic (exact) mass is 177 g/mol. The molecule has 0 aliphatic carbocycles. The van der Waals surface area contributed by atoms with Crippen LogP contribution >= 0.6 is 0 Å². The predicted molar refractivity (Wildman–Crippen MR) is 53.4 cm³/mol. The lowest BCUT2D eigenvalue weighted by molar-refractivity contribution is 0.177. The number of aryl methyl sites for hydroxylation is 1. The van der Waals surface area contributed by atoms with Crippen molar-refractivity contribution >= 4 is 0 Å². The molecule has 0 bridgehead atoms. The summed E-state index contributed by atoms with van der Waals surface area (Å²) >= 11 is 0. The number of hydrogen-bond acceptors (Lipinski definition) is 2. The zero-order valence-electron chi connectivity index (χ0n) is 8.12. The molecule has 1 rings (SSSR count). The van der Waals surface area contributed by atoms with Crippen LogP contribution in [0.5, 0.6) is 0 Å². The van der Waals surface area contributed by atoms with Crippen LogP contribution < -0.4 is 0 Å². The SMILES string of the molecule is C=C(C)CC(O)c1cccnc1C. The first-order valence-corrected chi connectivity index (χ1v) is 4.35. The highest BCUT2D eigenvalue weighted by Gasteiger charge is 2.09. The van der Waals surface area contributed by atoms with Gasteiger partial charge in [0.1, 0.15) is 0 Å². The molecule has 1 N–H and O–H groups in total. The van der Waals surface area contributed by atoms with E-state index in [0.29, 0.717) is 6.42 Å². The number of nitrogens with zero attached hydrogens (tertiary/aromatic N) is 1. The minimum atomic E-state index is -0.466. The van der Waals surface area contributed by atoms with E-state index in [1.165, 1.54) is 0 Å². The summed E-state index contributed by atoms with van der Waals surface area (Å²) in [7, 11) is 0. The number of pyridine rings is 1. The third kappa shape index (κ3) is 2.67. The molecular formula is C11H15NO. The zero-order valence-corrected chi connectivity index (χ0v) is 8.12. The van der Waals surface area contributed by atoms with Gasteiger partial charge in [0, 0.05) is 17.5 Å². The van der Waals surface area contributed by atoms with Gasteiger partial charge in [-0.3, -0.25) is 4.98 Å². The van der Waals surface area contributed by atoms with E-state index in [-0.39, 0.29) is 0 Å². The second kappa shape index (κ2) is 4.19. The third-order valence-corrected chi connectivity index (χ3v) is 1.95. The molecule has 0 saturated carbocycles. The smallest absolute Gasteiger partial charge is 0.0844 e. The molecule has 70 valence electrons. The summed E-state index contributed by atoms with van der Waals surface area (Å²) in [5.41, 5.74) is 2.76. The molecule has 1 heterocycles. The van der Waals surface area contributed by atoms with E-state index in [9.17, 15) is 5.11 Å². The second-order valence-electron chi connectivity index (χ2n) is 3.36. The first-order valence-electron chi connectivity index (χ1n) is 4.35. The lowest BCUT2D eigenvalue weighted by Crippen LogP contribution is -2.01. The Balaban J connectivity index is 2.82. The maximum absolute atomic E-state index is 9.77. The summed E-state index contributed by atoms with van der Waals surface area (Å²) in [6.45, 7) is 7.58. The van der Waals surface area contributed by atoms with E-state index >= 15 is 0 Å². The van der Waals surface area contributed by atoms with Crippen LogP contribution in [0.4, 0.5) is 0 Å². The van der Waals surface area contributed by atoms with Crippen LogP contribution in [0.2, 0.25) is 0 Å². The molecule has 0 fully saturated rings. The molecule has 0 saturated heterocycles. The van der Waals surface area contributed by atoms with Gasteiger partial charge in [0.25, 0.3) is 0 Å². The largest absolute Gasteiger partial charge is 0.388 e. The molecule has 1 aromatic heterocycles. The van der Waals surface area contributed by atoms with Crippen molar-refractivity contribution in [3.05, 3.63) is 41.7 Å². The lowest BCUT2D eigenvalue weighted by Gasteiger charge is -2.12. The fourth-order valence-electron chi connectivity index (χ4n) is 1.29. The fourth-order valence-corrected chi connectivity index (χ4v) is 1.29. The molecule has 0 amide bonds. The fraction of sp³-hybridized carbons (Fsp3) is 0.364. The summed E-state index contributed by atoms with van der Waals surface area (Å²) in [4.78, 5) is 4.12. The van der Waals surface area contributed by atoms with E-state index in [0.717, 1.165) is 16.8 Å². The van der Waals surface area contributed by atoms with Gasteiger partial charge in [-0.25, -0.2) is 0 Å². The molecule has 0 aromatic carbocycles. The maximum Gasteiger partial charge on any atom is 0.0844 e. The topological polar surface area (TPSA) is 33.1 Å². The van der Waals surface area contributed by atoms with E-state index < -0.39 is 6.10 Å². The Labute approximate surface area is 78.9 Å². The van der Waals surface area contributed by atoms with Crippen molar-refractivity contribution in [3.63, 3.8) is 0 Å².